The molecule has 1 aromatic carbocycles. The molecule has 1 aromatic heterocycles. The minimum absolute atomic E-state index is 1.07. The summed E-state index contributed by atoms with van der Waals surface area (Å²) in [6.07, 6.45) is 4.04. The highest BCUT2D eigenvalue weighted by atomic mass is 79.9. The van der Waals surface area contributed by atoms with Crippen LogP contribution in [0.4, 0.5) is 0 Å². The van der Waals surface area contributed by atoms with E-state index in [2.05, 4.69) is 42.5 Å². The Morgan fingerprint density at radius 3 is 2.29 bits per heavy atom. The molecule has 0 amide bonds. The Kier molecular flexibility index (Phi) is 2.99. The van der Waals surface area contributed by atoms with Gasteiger partial charge in [0, 0.05) is 22.7 Å². The van der Waals surface area contributed by atoms with E-state index in [4.69, 9.17) is 0 Å². The second kappa shape index (κ2) is 4.24. The van der Waals surface area contributed by atoms with E-state index in [1.165, 1.54) is 0 Å². The number of benzene rings is 1. The minimum atomic E-state index is 1.07. The summed E-state index contributed by atoms with van der Waals surface area (Å²) in [5.74, 6) is 0. The predicted molar refractivity (Wildman–Crippen MR) is 63.4 cm³/mol. The topological polar surface area (TPSA) is 3.88 Å². The Morgan fingerprint density at radius 1 is 0.929 bits per heavy atom. The van der Waals surface area contributed by atoms with Gasteiger partial charge in [0.15, 0.2) is 12.4 Å². The van der Waals surface area contributed by atoms with Crippen LogP contribution in [-0.4, -0.2) is 0 Å². The molecule has 0 atom stereocenters. The molecule has 2 rings (SSSR count). The van der Waals surface area contributed by atoms with Crippen molar-refractivity contribution in [2.75, 3.05) is 0 Å². The third-order valence-electron chi connectivity index (χ3n) is 1.90. The summed E-state index contributed by atoms with van der Waals surface area (Å²) < 4.78 is 4.21. The van der Waals surface area contributed by atoms with Crippen LogP contribution in [0.25, 0.3) is 5.69 Å². The fourth-order valence-corrected chi connectivity index (χ4v) is 2.50. The van der Waals surface area contributed by atoms with Gasteiger partial charge < -0.3 is 0 Å². The maximum Gasteiger partial charge on any atom is 0.224 e. The lowest BCUT2D eigenvalue weighted by Gasteiger charge is -1.98. The molecule has 0 N–H and O–H groups in total. The number of halogens is 2. The van der Waals surface area contributed by atoms with Crippen molar-refractivity contribution >= 4 is 31.9 Å². The quantitative estimate of drug-likeness (QED) is 0.710. The normalized spacial score (nSPS) is 10.1. The van der Waals surface area contributed by atoms with Gasteiger partial charge in [-0.2, -0.15) is 4.57 Å². The maximum atomic E-state index is 3.53. The van der Waals surface area contributed by atoms with Crippen molar-refractivity contribution in [3.8, 4) is 5.69 Å². The van der Waals surface area contributed by atoms with E-state index >= 15 is 0 Å². The summed E-state index contributed by atoms with van der Waals surface area (Å²) in [6.45, 7) is 0. The van der Waals surface area contributed by atoms with E-state index in [1.807, 2.05) is 42.7 Å². The van der Waals surface area contributed by atoms with Crippen LogP contribution in [0.15, 0.2) is 57.7 Å². The standard InChI is InChI=1S/C11H8Br2N/c12-9-4-5-11(10(13)8-9)14-6-2-1-3-7-14/h1-8H/q+1. The first-order valence-corrected chi connectivity index (χ1v) is 5.78. The number of hydrogen-bond acceptors (Lipinski definition) is 0. The molecule has 2 aromatic rings. The Morgan fingerprint density at radius 2 is 1.64 bits per heavy atom. The highest BCUT2D eigenvalue weighted by Gasteiger charge is 2.09. The molecule has 0 spiro atoms. The average molecular weight is 314 g/mol. The van der Waals surface area contributed by atoms with Gasteiger partial charge in [-0.3, -0.25) is 0 Å². The van der Waals surface area contributed by atoms with Gasteiger partial charge in [0.25, 0.3) is 0 Å². The molecule has 0 fully saturated rings. The first-order chi connectivity index (χ1) is 6.77. The lowest BCUT2D eigenvalue weighted by molar-refractivity contribution is -0.596. The van der Waals surface area contributed by atoms with Gasteiger partial charge in [-0.25, -0.2) is 0 Å². The van der Waals surface area contributed by atoms with Crippen LogP contribution in [0.5, 0.6) is 0 Å². The van der Waals surface area contributed by atoms with E-state index in [-0.39, 0.29) is 0 Å². The molecule has 3 heteroatoms. The van der Waals surface area contributed by atoms with E-state index in [1.54, 1.807) is 0 Å². The third-order valence-corrected chi connectivity index (χ3v) is 3.03. The molecule has 1 heterocycles. The molecule has 0 unspecified atom stereocenters. The Labute approximate surface area is 99.7 Å². The first-order valence-electron chi connectivity index (χ1n) is 4.19. The highest BCUT2D eigenvalue weighted by Crippen LogP contribution is 2.21. The highest BCUT2D eigenvalue weighted by molar-refractivity contribution is 9.11. The van der Waals surface area contributed by atoms with Gasteiger partial charge >= 0.3 is 0 Å². The minimum Gasteiger partial charge on any atom is -0.166 e. The summed E-state index contributed by atoms with van der Waals surface area (Å²) in [4.78, 5) is 0. The van der Waals surface area contributed by atoms with Crippen LogP contribution in [0, 0.1) is 0 Å². The summed E-state index contributed by atoms with van der Waals surface area (Å²) >= 11 is 6.96. The molecule has 70 valence electrons. The monoisotopic (exact) mass is 312 g/mol. The van der Waals surface area contributed by atoms with Crippen LogP contribution in [0.1, 0.15) is 0 Å². The Hall–Kier alpha value is -0.670. The lowest BCUT2D eigenvalue weighted by Crippen LogP contribution is -2.29. The lowest BCUT2D eigenvalue weighted by atomic mass is 10.3. The summed E-state index contributed by atoms with van der Waals surface area (Å²) in [6, 6.07) is 12.1. The molecule has 0 aliphatic heterocycles. The van der Waals surface area contributed by atoms with E-state index in [0.29, 0.717) is 0 Å². The number of aromatic nitrogens is 1. The van der Waals surface area contributed by atoms with Gasteiger partial charge in [0.2, 0.25) is 5.69 Å². The van der Waals surface area contributed by atoms with E-state index in [9.17, 15) is 0 Å². The molecule has 0 bridgehead atoms. The SMILES string of the molecule is Brc1ccc(-[n+]2ccccc2)c(Br)c1. The van der Waals surface area contributed by atoms with E-state index < -0.39 is 0 Å². The van der Waals surface area contributed by atoms with Crippen LogP contribution < -0.4 is 4.57 Å². The summed E-state index contributed by atoms with van der Waals surface area (Å²) in [7, 11) is 0. The number of hydrogen-bond donors (Lipinski definition) is 0. The third kappa shape index (κ3) is 2.04. The molecule has 0 radical (unpaired) electrons. The van der Waals surface area contributed by atoms with Crippen molar-refractivity contribution in [3.05, 3.63) is 57.7 Å². The zero-order chi connectivity index (χ0) is 9.97. The van der Waals surface area contributed by atoms with Crippen molar-refractivity contribution < 1.29 is 4.57 Å². The van der Waals surface area contributed by atoms with Crippen molar-refractivity contribution in [1.82, 2.24) is 0 Å². The van der Waals surface area contributed by atoms with Crippen molar-refractivity contribution in [2.24, 2.45) is 0 Å². The molecule has 1 nitrogen and oxygen atoms in total. The first kappa shape index (κ1) is 9.87. The molecule has 0 aliphatic carbocycles. The fourth-order valence-electron chi connectivity index (χ4n) is 1.25. The zero-order valence-electron chi connectivity index (χ0n) is 7.32. The van der Waals surface area contributed by atoms with Gasteiger partial charge in [-0.05, 0) is 28.1 Å². The van der Waals surface area contributed by atoms with Crippen molar-refractivity contribution in [2.45, 2.75) is 0 Å². The molecule has 0 saturated heterocycles. The van der Waals surface area contributed by atoms with Gasteiger partial charge in [-0.15, -0.1) is 0 Å². The van der Waals surface area contributed by atoms with E-state index in [0.717, 1.165) is 14.6 Å². The van der Waals surface area contributed by atoms with Crippen LogP contribution >= 0.6 is 31.9 Å². The molecule has 0 saturated carbocycles. The molecule has 14 heavy (non-hydrogen) atoms. The number of pyridine rings is 1. The second-order valence-electron chi connectivity index (χ2n) is 2.88. The molecular formula is C11H8Br2N+. The fraction of sp³-hybridized carbons (Fsp3) is 0. The van der Waals surface area contributed by atoms with Gasteiger partial charge in [-0.1, -0.05) is 22.0 Å². The molecule has 0 aliphatic rings. The Bertz CT molecular complexity index is 440. The number of rotatable bonds is 1. The number of nitrogens with zero attached hydrogens (tertiary/aromatic N) is 1. The zero-order valence-corrected chi connectivity index (χ0v) is 10.5. The van der Waals surface area contributed by atoms with Crippen molar-refractivity contribution in [1.29, 1.82) is 0 Å². The Balaban J connectivity index is 2.53. The summed E-state index contributed by atoms with van der Waals surface area (Å²) in [5, 5.41) is 0. The molecular weight excluding hydrogens is 306 g/mol. The van der Waals surface area contributed by atoms with Gasteiger partial charge in [0.05, 0.1) is 4.47 Å². The largest absolute Gasteiger partial charge is 0.224 e. The smallest absolute Gasteiger partial charge is 0.166 e. The van der Waals surface area contributed by atoms with Crippen molar-refractivity contribution in [3.63, 3.8) is 0 Å². The second-order valence-corrected chi connectivity index (χ2v) is 4.65. The average Bonchev–Trinajstić information content (AvgIpc) is 2.19. The van der Waals surface area contributed by atoms with Crippen LogP contribution in [0.2, 0.25) is 0 Å². The van der Waals surface area contributed by atoms with Crippen LogP contribution in [-0.2, 0) is 0 Å². The maximum absolute atomic E-state index is 3.53. The predicted octanol–water partition coefficient (Wildman–Crippen LogP) is 3.49. The van der Waals surface area contributed by atoms with Gasteiger partial charge in [0.1, 0.15) is 0 Å². The summed E-state index contributed by atoms with van der Waals surface area (Å²) in [5.41, 5.74) is 1.13. The van der Waals surface area contributed by atoms with Crippen LogP contribution in [0.3, 0.4) is 0 Å².